The highest BCUT2D eigenvalue weighted by molar-refractivity contribution is 9.10. The van der Waals surface area contributed by atoms with Gasteiger partial charge in [0.1, 0.15) is 5.75 Å². The van der Waals surface area contributed by atoms with Crippen molar-refractivity contribution in [2.75, 3.05) is 19.7 Å². The highest BCUT2D eigenvalue weighted by Gasteiger charge is 2.09. The zero-order chi connectivity index (χ0) is 15.1. The van der Waals surface area contributed by atoms with Crippen molar-refractivity contribution in [3.63, 3.8) is 0 Å². The van der Waals surface area contributed by atoms with Crippen molar-refractivity contribution in [2.24, 2.45) is 10.1 Å². The number of benzene rings is 1. The summed E-state index contributed by atoms with van der Waals surface area (Å²) in [6.45, 7) is 6.48. The Morgan fingerprint density at radius 1 is 1.52 bits per heavy atom. The Morgan fingerprint density at radius 3 is 3.10 bits per heavy atom. The van der Waals surface area contributed by atoms with Gasteiger partial charge < -0.3 is 10.1 Å². The summed E-state index contributed by atoms with van der Waals surface area (Å²) in [6.07, 6.45) is 2.16. The van der Waals surface area contributed by atoms with E-state index in [9.17, 15) is 0 Å². The van der Waals surface area contributed by atoms with Crippen molar-refractivity contribution < 1.29 is 4.74 Å². The maximum absolute atomic E-state index is 5.85. The number of hydrogen-bond donors (Lipinski definition) is 2. The first-order valence-electron chi connectivity index (χ1n) is 7.22. The molecule has 0 saturated carbocycles. The maximum Gasteiger partial charge on any atom is 0.212 e. The fraction of sp³-hybridized carbons (Fsp3) is 0.467. The standard InChI is InChI=1S/C15H21BrN4O/c1-3-4-9-21-14-6-5-12(16)10-13(14)11(2)19-20-15-17-7-8-18-15/h5-6,10H,3-4,7-9H2,1-2H3,(H2,17,18,20)/b19-11-. The molecule has 0 unspecified atom stereocenters. The lowest BCUT2D eigenvalue weighted by atomic mass is 10.1. The molecule has 0 spiro atoms. The molecule has 0 fully saturated rings. The number of guanidine groups is 1. The molecule has 1 aromatic carbocycles. The molecule has 1 aromatic rings. The van der Waals surface area contributed by atoms with Crippen LogP contribution >= 0.6 is 15.9 Å². The van der Waals surface area contributed by atoms with Gasteiger partial charge in [-0.2, -0.15) is 5.10 Å². The minimum atomic E-state index is 0.720. The summed E-state index contributed by atoms with van der Waals surface area (Å²) in [5, 5.41) is 7.50. The third-order valence-corrected chi connectivity index (χ3v) is 3.58. The molecule has 1 aliphatic rings. The monoisotopic (exact) mass is 352 g/mol. The SMILES string of the molecule is CCCCOc1ccc(Br)cc1/C(C)=N\NC1=NCCN1. The molecular formula is C15H21BrN4O. The quantitative estimate of drug-likeness (QED) is 0.470. The molecule has 1 aliphatic heterocycles. The van der Waals surface area contributed by atoms with Crippen molar-refractivity contribution in [3.05, 3.63) is 28.2 Å². The van der Waals surface area contributed by atoms with Crippen molar-refractivity contribution in [1.29, 1.82) is 0 Å². The lowest BCUT2D eigenvalue weighted by Gasteiger charge is -2.12. The number of unbranched alkanes of at least 4 members (excludes halogenated alkanes) is 1. The molecule has 6 heteroatoms. The number of aliphatic imine (C=N–C) groups is 1. The number of nitrogens with zero attached hydrogens (tertiary/aromatic N) is 2. The van der Waals surface area contributed by atoms with Crippen molar-refractivity contribution in [3.8, 4) is 5.75 Å². The Morgan fingerprint density at radius 2 is 2.38 bits per heavy atom. The van der Waals surface area contributed by atoms with Crippen LogP contribution in [0, 0.1) is 0 Å². The molecule has 21 heavy (non-hydrogen) atoms. The van der Waals surface area contributed by atoms with E-state index < -0.39 is 0 Å². The fourth-order valence-corrected chi connectivity index (χ4v) is 2.27. The van der Waals surface area contributed by atoms with Gasteiger partial charge in [0.05, 0.1) is 18.9 Å². The molecule has 5 nitrogen and oxygen atoms in total. The van der Waals surface area contributed by atoms with E-state index in [1.54, 1.807) is 0 Å². The number of halogens is 1. The van der Waals surface area contributed by atoms with Gasteiger partial charge in [0.15, 0.2) is 0 Å². The summed E-state index contributed by atoms with van der Waals surface area (Å²) >= 11 is 3.50. The molecule has 0 bridgehead atoms. The van der Waals surface area contributed by atoms with Gasteiger partial charge in [-0.25, -0.2) is 10.4 Å². The predicted molar refractivity (Wildman–Crippen MR) is 90.2 cm³/mol. The van der Waals surface area contributed by atoms with Crippen molar-refractivity contribution in [1.82, 2.24) is 10.7 Å². The van der Waals surface area contributed by atoms with Gasteiger partial charge >= 0.3 is 0 Å². The van der Waals surface area contributed by atoms with Crippen molar-refractivity contribution in [2.45, 2.75) is 26.7 Å². The van der Waals surface area contributed by atoms with E-state index in [2.05, 4.69) is 43.7 Å². The number of hydrazone groups is 1. The summed E-state index contributed by atoms with van der Waals surface area (Å²) in [6, 6.07) is 5.97. The Hall–Kier alpha value is -1.56. The lowest BCUT2D eigenvalue weighted by Crippen LogP contribution is -2.30. The molecule has 0 saturated heterocycles. The first-order chi connectivity index (χ1) is 10.2. The van der Waals surface area contributed by atoms with E-state index in [4.69, 9.17) is 4.74 Å². The van der Waals surface area contributed by atoms with Crippen LogP contribution in [0.3, 0.4) is 0 Å². The van der Waals surface area contributed by atoms with Gasteiger partial charge in [-0.3, -0.25) is 0 Å². The van der Waals surface area contributed by atoms with E-state index in [1.165, 1.54) is 0 Å². The Kier molecular flexibility index (Phi) is 6.04. The Labute approximate surface area is 134 Å². The highest BCUT2D eigenvalue weighted by Crippen LogP contribution is 2.24. The first-order valence-corrected chi connectivity index (χ1v) is 8.01. The first kappa shape index (κ1) is 15.8. The van der Waals surface area contributed by atoms with Crippen LogP contribution in [0.25, 0.3) is 0 Å². The number of hydrogen-bond acceptors (Lipinski definition) is 5. The lowest BCUT2D eigenvalue weighted by molar-refractivity contribution is 0.309. The van der Waals surface area contributed by atoms with E-state index in [0.717, 1.165) is 60.0 Å². The summed E-state index contributed by atoms with van der Waals surface area (Å²) in [4.78, 5) is 4.25. The number of rotatable bonds is 6. The van der Waals surface area contributed by atoms with Crippen LogP contribution in [0.4, 0.5) is 0 Å². The van der Waals surface area contributed by atoms with Gasteiger partial charge in [0.25, 0.3) is 0 Å². The summed E-state index contributed by atoms with van der Waals surface area (Å²) in [7, 11) is 0. The van der Waals surface area contributed by atoms with Gasteiger partial charge in [-0.1, -0.05) is 29.3 Å². The fourth-order valence-electron chi connectivity index (χ4n) is 1.91. The number of ether oxygens (including phenoxy) is 1. The Bertz CT molecular complexity index is 542. The minimum absolute atomic E-state index is 0.720. The van der Waals surface area contributed by atoms with Crippen LogP contribution in [0.5, 0.6) is 5.75 Å². The third kappa shape index (κ3) is 4.74. The molecular weight excluding hydrogens is 332 g/mol. The normalized spacial score (nSPS) is 14.6. The van der Waals surface area contributed by atoms with Gasteiger partial charge in [0.2, 0.25) is 5.96 Å². The molecule has 114 valence electrons. The topological polar surface area (TPSA) is 58.0 Å². The van der Waals surface area contributed by atoms with E-state index in [0.29, 0.717) is 0 Å². The zero-order valence-electron chi connectivity index (χ0n) is 12.4. The summed E-state index contributed by atoms with van der Waals surface area (Å²) in [5.74, 6) is 1.58. The molecule has 1 heterocycles. The smallest absolute Gasteiger partial charge is 0.212 e. The zero-order valence-corrected chi connectivity index (χ0v) is 14.0. The molecule has 0 aliphatic carbocycles. The van der Waals surface area contributed by atoms with Crippen molar-refractivity contribution >= 4 is 27.6 Å². The number of nitrogens with one attached hydrogen (secondary N) is 2. The average molecular weight is 353 g/mol. The second-order valence-corrected chi connectivity index (χ2v) is 5.72. The van der Waals surface area contributed by atoms with E-state index in [-0.39, 0.29) is 0 Å². The molecule has 2 N–H and O–H groups in total. The Balaban J connectivity index is 2.11. The van der Waals surface area contributed by atoms with Gasteiger partial charge in [0, 0.05) is 16.6 Å². The van der Waals surface area contributed by atoms with Crippen LogP contribution in [-0.4, -0.2) is 31.4 Å². The second kappa shape index (κ2) is 8.02. The average Bonchev–Trinajstić information content (AvgIpc) is 3.00. The van der Waals surface area contributed by atoms with E-state index in [1.807, 2.05) is 25.1 Å². The van der Waals surface area contributed by atoms with Gasteiger partial charge in [-0.15, -0.1) is 0 Å². The van der Waals surface area contributed by atoms with Crippen LogP contribution in [0.15, 0.2) is 32.8 Å². The molecule has 0 aromatic heterocycles. The van der Waals surface area contributed by atoms with Crippen LogP contribution in [-0.2, 0) is 0 Å². The molecule has 0 atom stereocenters. The highest BCUT2D eigenvalue weighted by atomic mass is 79.9. The largest absolute Gasteiger partial charge is 0.493 e. The summed E-state index contributed by atoms with van der Waals surface area (Å²) in [5.41, 5.74) is 4.79. The molecule has 0 radical (unpaired) electrons. The summed E-state index contributed by atoms with van der Waals surface area (Å²) < 4.78 is 6.86. The second-order valence-electron chi connectivity index (χ2n) is 4.81. The predicted octanol–water partition coefficient (Wildman–Crippen LogP) is 2.90. The van der Waals surface area contributed by atoms with E-state index >= 15 is 0 Å². The van der Waals surface area contributed by atoms with Crippen LogP contribution in [0.2, 0.25) is 0 Å². The minimum Gasteiger partial charge on any atom is -0.493 e. The maximum atomic E-state index is 5.85. The van der Waals surface area contributed by atoms with Crippen LogP contribution in [0.1, 0.15) is 32.3 Å². The van der Waals surface area contributed by atoms with Crippen LogP contribution < -0.4 is 15.5 Å². The molecule has 0 amide bonds. The third-order valence-electron chi connectivity index (χ3n) is 3.09. The van der Waals surface area contributed by atoms with Gasteiger partial charge in [-0.05, 0) is 31.5 Å². The molecule has 2 rings (SSSR count).